The Bertz CT molecular complexity index is 1150. The maximum Gasteiger partial charge on any atom is 0.229 e. The number of aryl methyl sites for hydroxylation is 3. The molecule has 2 fully saturated rings. The second kappa shape index (κ2) is 8.86. The first kappa shape index (κ1) is 22.0. The number of hydrogen-bond acceptors (Lipinski definition) is 6. The number of benzene rings is 1. The minimum Gasteiger partial charge on any atom is -0.341 e. The van der Waals surface area contributed by atoms with Crippen molar-refractivity contribution in [1.82, 2.24) is 19.9 Å². The number of carbonyl (C=O) groups is 1. The summed E-state index contributed by atoms with van der Waals surface area (Å²) in [4.78, 5) is 33.3. The number of amides is 1. The van der Waals surface area contributed by atoms with Crippen molar-refractivity contribution in [2.45, 2.75) is 53.0 Å². The Kier molecular flexibility index (Phi) is 5.91. The second-order valence-electron chi connectivity index (χ2n) is 9.41. The summed E-state index contributed by atoms with van der Waals surface area (Å²) in [7, 11) is 0. The quantitative estimate of drug-likeness (QED) is 0.551. The molecular weight excluding hydrogens is 430 g/mol. The molecule has 6 nitrogen and oxygen atoms in total. The third-order valence-corrected chi connectivity index (χ3v) is 8.28. The molecule has 2 saturated heterocycles. The van der Waals surface area contributed by atoms with Crippen molar-refractivity contribution in [3.63, 3.8) is 0 Å². The largest absolute Gasteiger partial charge is 0.341 e. The van der Waals surface area contributed by atoms with Crippen molar-refractivity contribution in [2.75, 3.05) is 24.5 Å². The molecule has 2 aliphatic heterocycles. The average molecular weight is 462 g/mol. The molecule has 4 heterocycles. The van der Waals surface area contributed by atoms with Gasteiger partial charge in [-0.3, -0.25) is 4.79 Å². The van der Waals surface area contributed by atoms with Crippen molar-refractivity contribution < 1.29 is 4.79 Å². The fraction of sp³-hybridized carbons (Fsp3) is 0.462. The summed E-state index contributed by atoms with van der Waals surface area (Å²) in [5.74, 6) is 1.09. The topological polar surface area (TPSA) is 62.2 Å². The summed E-state index contributed by atoms with van der Waals surface area (Å²) < 4.78 is 0. The van der Waals surface area contributed by atoms with Crippen LogP contribution in [0.15, 0.2) is 36.5 Å². The molecule has 5 rings (SSSR count). The molecule has 0 unspecified atom stereocenters. The van der Waals surface area contributed by atoms with Crippen LogP contribution in [0.5, 0.6) is 0 Å². The summed E-state index contributed by atoms with van der Waals surface area (Å²) in [6.45, 7) is 9.17. The molecule has 33 heavy (non-hydrogen) atoms. The molecule has 1 amide bonds. The fourth-order valence-electron chi connectivity index (χ4n) is 5.14. The van der Waals surface area contributed by atoms with Gasteiger partial charge in [0.25, 0.3) is 0 Å². The zero-order valence-electron chi connectivity index (χ0n) is 19.7. The van der Waals surface area contributed by atoms with Gasteiger partial charge in [0.2, 0.25) is 11.9 Å². The number of piperidine rings is 2. The number of aromatic nitrogens is 3. The Hall–Kier alpha value is -2.80. The van der Waals surface area contributed by atoms with Crippen molar-refractivity contribution >= 4 is 23.2 Å². The van der Waals surface area contributed by atoms with Crippen LogP contribution in [0.2, 0.25) is 0 Å². The highest BCUT2D eigenvalue weighted by atomic mass is 32.1. The Morgan fingerprint density at radius 1 is 1.00 bits per heavy atom. The highest BCUT2D eigenvalue weighted by molar-refractivity contribution is 7.15. The van der Waals surface area contributed by atoms with Crippen LogP contribution in [-0.4, -0.2) is 45.4 Å². The standard InChI is InChI=1S/C26H31N5OS/c1-18-16-27-25(28-19(18)2)30-14-11-26(12-15-30)10-7-13-31(24(26)32)17-22-23(33-20(3)29-22)21-8-5-4-6-9-21/h4-6,8-9,16H,7,10-15,17H2,1-3H3. The molecular formula is C26H31N5OS. The minimum absolute atomic E-state index is 0.257. The van der Waals surface area contributed by atoms with Gasteiger partial charge < -0.3 is 9.80 Å². The van der Waals surface area contributed by atoms with E-state index in [1.54, 1.807) is 11.3 Å². The summed E-state index contributed by atoms with van der Waals surface area (Å²) in [6, 6.07) is 10.4. The number of likely N-dealkylation sites (tertiary alicyclic amines) is 1. The number of carbonyl (C=O) groups excluding carboxylic acids is 1. The predicted octanol–water partition coefficient (Wildman–Crippen LogP) is 4.93. The third kappa shape index (κ3) is 4.26. The Labute approximate surface area is 199 Å². The van der Waals surface area contributed by atoms with Crippen LogP contribution in [0.25, 0.3) is 10.4 Å². The summed E-state index contributed by atoms with van der Waals surface area (Å²) in [6.07, 6.45) is 5.65. The lowest BCUT2D eigenvalue weighted by atomic mass is 9.71. The van der Waals surface area contributed by atoms with Gasteiger partial charge in [-0.2, -0.15) is 0 Å². The van der Waals surface area contributed by atoms with E-state index in [1.165, 1.54) is 10.4 Å². The molecule has 172 valence electrons. The first-order valence-corrected chi connectivity index (χ1v) is 12.6. The predicted molar refractivity (Wildman–Crippen MR) is 132 cm³/mol. The van der Waals surface area contributed by atoms with Gasteiger partial charge in [0.1, 0.15) is 0 Å². The van der Waals surface area contributed by atoms with E-state index in [9.17, 15) is 4.79 Å². The van der Waals surface area contributed by atoms with E-state index in [1.807, 2.05) is 33.0 Å². The van der Waals surface area contributed by atoms with E-state index in [2.05, 4.69) is 44.0 Å². The first-order chi connectivity index (χ1) is 15.9. The number of thiazole rings is 1. The van der Waals surface area contributed by atoms with E-state index in [0.717, 1.165) is 73.2 Å². The third-order valence-electron chi connectivity index (χ3n) is 7.22. The van der Waals surface area contributed by atoms with Crippen LogP contribution >= 0.6 is 11.3 Å². The zero-order chi connectivity index (χ0) is 23.0. The molecule has 0 saturated carbocycles. The highest BCUT2D eigenvalue weighted by Crippen LogP contribution is 2.42. The summed E-state index contributed by atoms with van der Waals surface area (Å²) in [5, 5.41) is 1.05. The fourth-order valence-corrected chi connectivity index (χ4v) is 6.08. The van der Waals surface area contributed by atoms with Crippen molar-refractivity contribution in [3.8, 4) is 10.4 Å². The van der Waals surface area contributed by atoms with Crippen molar-refractivity contribution in [2.24, 2.45) is 5.41 Å². The molecule has 0 aliphatic carbocycles. The SMILES string of the molecule is Cc1nc(CN2CCCC3(CCN(c4ncc(C)c(C)n4)CC3)C2=O)c(-c2ccccc2)s1. The molecule has 1 aromatic carbocycles. The van der Waals surface area contributed by atoms with Gasteiger partial charge in [0.15, 0.2) is 0 Å². The maximum atomic E-state index is 13.8. The van der Waals surface area contributed by atoms with Gasteiger partial charge in [-0.15, -0.1) is 11.3 Å². The molecule has 1 spiro atoms. The highest BCUT2D eigenvalue weighted by Gasteiger charge is 2.46. The van der Waals surface area contributed by atoms with Gasteiger partial charge in [-0.05, 0) is 57.6 Å². The van der Waals surface area contributed by atoms with Crippen LogP contribution in [-0.2, 0) is 11.3 Å². The molecule has 0 N–H and O–H groups in total. The van der Waals surface area contributed by atoms with E-state index in [-0.39, 0.29) is 5.41 Å². The Morgan fingerprint density at radius 3 is 2.48 bits per heavy atom. The van der Waals surface area contributed by atoms with E-state index < -0.39 is 0 Å². The van der Waals surface area contributed by atoms with Crippen LogP contribution in [0.4, 0.5) is 5.95 Å². The van der Waals surface area contributed by atoms with Gasteiger partial charge >= 0.3 is 0 Å². The zero-order valence-corrected chi connectivity index (χ0v) is 20.5. The number of hydrogen-bond donors (Lipinski definition) is 0. The molecule has 0 radical (unpaired) electrons. The molecule has 0 atom stereocenters. The Morgan fingerprint density at radius 2 is 1.76 bits per heavy atom. The summed E-state index contributed by atoms with van der Waals surface area (Å²) in [5.41, 5.74) is 4.08. The lowest BCUT2D eigenvalue weighted by Gasteiger charge is -2.46. The van der Waals surface area contributed by atoms with Crippen LogP contribution in [0.1, 0.15) is 47.6 Å². The molecule has 3 aromatic rings. The van der Waals surface area contributed by atoms with Gasteiger partial charge in [0.05, 0.1) is 27.5 Å². The molecule has 0 bridgehead atoms. The number of anilines is 1. The van der Waals surface area contributed by atoms with Gasteiger partial charge in [0, 0.05) is 31.5 Å². The van der Waals surface area contributed by atoms with E-state index in [0.29, 0.717) is 12.5 Å². The van der Waals surface area contributed by atoms with Gasteiger partial charge in [-0.25, -0.2) is 15.0 Å². The lowest BCUT2D eigenvalue weighted by molar-refractivity contribution is -0.148. The van der Waals surface area contributed by atoms with E-state index >= 15 is 0 Å². The van der Waals surface area contributed by atoms with Crippen LogP contribution < -0.4 is 4.90 Å². The minimum atomic E-state index is -0.257. The van der Waals surface area contributed by atoms with Crippen molar-refractivity contribution in [1.29, 1.82) is 0 Å². The first-order valence-electron chi connectivity index (χ1n) is 11.8. The maximum absolute atomic E-state index is 13.8. The van der Waals surface area contributed by atoms with Crippen molar-refractivity contribution in [3.05, 3.63) is 58.5 Å². The number of nitrogens with zero attached hydrogens (tertiary/aromatic N) is 5. The lowest BCUT2D eigenvalue weighted by Crippen LogP contribution is -2.53. The number of rotatable bonds is 4. The Balaban J connectivity index is 1.31. The van der Waals surface area contributed by atoms with Gasteiger partial charge in [-0.1, -0.05) is 30.3 Å². The molecule has 2 aromatic heterocycles. The molecule has 7 heteroatoms. The smallest absolute Gasteiger partial charge is 0.229 e. The molecule has 2 aliphatic rings. The second-order valence-corrected chi connectivity index (χ2v) is 10.6. The normalized spacial score (nSPS) is 18.2. The van der Waals surface area contributed by atoms with E-state index in [4.69, 9.17) is 4.98 Å². The summed E-state index contributed by atoms with van der Waals surface area (Å²) >= 11 is 1.71. The van der Waals surface area contributed by atoms with Crippen LogP contribution in [0.3, 0.4) is 0 Å². The average Bonchev–Trinajstić information content (AvgIpc) is 3.20. The van der Waals surface area contributed by atoms with Crippen LogP contribution in [0, 0.1) is 26.2 Å². The monoisotopic (exact) mass is 461 g/mol.